The van der Waals surface area contributed by atoms with Gasteiger partial charge in [0.1, 0.15) is 0 Å². The number of rotatable bonds is 5. The monoisotopic (exact) mass is 407 g/mol. The van der Waals surface area contributed by atoms with Crippen LogP contribution in [0.25, 0.3) is 5.69 Å². The zero-order valence-corrected chi connectivity index (χ0v) is 17.6. The third kappa shape index (κ3) is 4.04. The van der Waals surface area contributed by atoms with E-state index in [9.17, 15) is 9.59 Å². The van der Waals surface area contributed by atoms with Crippen molar-refractivity contribution in [2.75, 3.05) is 32.7 Å². The highest BCUT2D eigenvalue weighted by Gasteiger charge is 2.25. The number of carbonyl (C=O) groups is 2. The van der Waals surface area contributed by atoms with Gasteiger partial charge in [0, 0.05) is 48.8 Å². The number of nitrogens with zero attached hydrogens (tertiary/aromatic N) is 3. The number of aromatic nitrogens is 1. The van der Waals surface area contributed by atoms with Crippen LogP contribution in [0.5, 0.6) is 0 Å². The van der Waals surface area contributed by atoms with Crippen LogP contribution in [-0.4, -0.2) is 58.8 Å². The molecule has 0 N–H and O–H groups in total. The number of para-hydroxylation sites is 1. The van der Waals surface area contributed by atoms with Gasteiger partial charge in [0.15, 0.2) is 5.78 Å². The maximum Gasteiger partial charge on any atom is 0.264 e. The molecule has 0 spiro atoms. The van der Waals surface area contributed by atoms with Crippen molar-refractivity contribution in [3.63, 3.8) is 0 Å². The predicted molar refractivity (Wildman–Crippen MR) is 116 cm³/mol. The number of aryl methyl sites for hydroxylation is 1. The van der Waals surface area contributed by atoms with Gasteiger partial charge in [-0.15, -0.1) is 11.3 Å². The first-order chi connectivity index (χ1) is 14.0. The normalized spacial score (nSPS) is 14.9. The molecule has 1 aromatic carbocycles. The first-order valence-corrected chi connectivity index (χ1v) is 10.8. The van der Waals surface area contributed by atoms with Crippen LogP contribution >= 0.6 is 11.3 Å². The quantitative estimate of drug-likeness (QED) is 0.605. The lowest BCUT2D eigenvalue weighted by atomic mass is 10.1. The van der Waals surface area contributed by atoms with Gasteiger partial charge in [-0.2, -0.15) is 0 Å². The molecular weight excluding hydrogens is 382 g/mol. The molecule has 1 aliphatic rings. The van der Waals surface area contributed by atoms with Gasteiger partial charge in [-0.1, -0.05) is 24.3 Å². The zero-order valence-electron chi connectivity index (χ0n) is 16.8. The van der Waals surface area contributed by atoms with Crippen LogP contribution in [0.3, 0.4) is 0 Å². The zero-order chi connectivity index (χ0) is 20.4. The van der Waals surface area contributed by atoms with E-state index in [1.807, 2.05) is 60.5 Å². The Hall–Kier alpha value is -2.70. The van der Waals surface area contributed by atoms with E-state index < -0.39 is 0 Å². The minimum absolute atomic E-state index is 0.0948. The van der Waals surface area contributed by atoms with Crippen LogP contribution in [0.2, 0.25) is 0 Å². The molecule has 1 fully saturated rings. The molecule has 150 valence electrons. The molecule has 3 aromatic rings. The standard InChI is InChI=1S/C23H25N3O2S/c1-17-15-20(18(2)26(17)19-7-4-3-5-8-19)21(27)16-24-10-12-25(13-11-24)23(28)22-9-6-14-29-22/h3-9,14-15H,10-13,16H2,1-2H3. The van der Waals surface area contributed by atoms with Crippen LogP contribution in [0, 0.1) is 13.8 Å². The van der Waals surface area contributed by atoms with E-state index in [-0.39, 0.29) is 11.7 Å². The first kappa shape index (κ1) is 19.6. The molecule has 4 rings (SSSR count). The van der Waals surface area contributed by atoms with Gasteiger partial charge >= 0.3 is 0 Å². The molecule has 1 amide bonds. The number of carbonyl (C=O) groups excluding carboxylic acids is 2. The third-order valence-corrected chi connectivity index (χ3v) is 6.36. The summed E-state index contributed by atoms with van der Waals surface area (Å²) in [6.07, 6.45) is 0. The number of hydrogen-bond acceptors (Lipinski definition) is 4. The van der Waals surface area contributed by atoms with Crippen LogP contribution in [0.4, 0.5) is 0 Å². The average molecular weight is 408 g/mol. The van der Waals surface area contributed by atoms with E-state index in [1.165, 1.54) is 11.3 Å². The number of ketones is 1. The number of benzene rings is 1. The Balaban J connectivity index is 1.40. The van der Waals surface area contributed by atoms with Crippen molar-refractivity contribution in [3.05, 3.63) is 75.7 Å². The lowest BCUT2D eigenvalue weighted by Crippen LogP contribution is -2.49. The van der Waals surface area contributed by atoms with E-state index in [0.717, 1.165) is 40.6 Å². The van der Waals surface area contributed by atoms with Crippen LogP contribution in [0.15, 0.2) is 53.9 Å². The Morgan fingerprint density at radius 2 is 1.69 bits per heavy atom. The van der Waals surface area contributed by atoms with Crippen molar-refractivity contribution in [1.82, 2.24) is 14.4 Å². The number of thiophene rings is 1. The van der Waals surface area contributed by atoms with Gasteiger partial charge in [-0.3, -0.25) is 14.5 Å². The molecule has 0 atom stereocenters. The van der Waals surface area contributed by atoms with E-state index >= 15 is 0 Å². The molecule has 1 saturated heterocycles. The van der Waals surface area contributed by atoms with Crippen LogP contribution in [-0.2, 0) is 0 Å². The number of hydrogen-bond donors (Lipinski definition) is 0. The van der Waals surface area contributed by atoms with Crippen molar-refractivity contribution in [2.45, 2.75) is 13.8 Å². The van der Waals surface area contributed by atoms with Crippen LogP contribution in [0.1, 0.15) is 31.4 Å². The number of Topliss-reactive ketones (excluding diaryl/α,β-unsaturated/α-hetero) is 1. The summed E-state index contributed by atoms with van der Waals surface area (Å²) in [5.74, 6) is 0.232. The van der Waals surface area contributed by atoms with Gasteiger partial charge in [0.05, 0.1) is 11.4 Å². The molecule has 0 radical (unpaired) electrons. The van der Waals surface area contributed by atoms with Crippen molar-refractivity contribution < 1.29 is 9.59 Å². The summed E-state index contributed by atoms with van der Waals surface area (Å²) in [5.41, 5.74) is 3.89. The summed E-state index contributed by atoms with van der Waals surface area (Å²) < 4.78 is 2.13. The van der Waals surface area contributed by atoms with Gasteiger partial charge in [-0.05, 0) is 43.5 Å². The summed E-state index contributed by atoms with van der Waals surface area (Å²) in [5, 5.41) is 1.92. The molecular formula is C23H25N3O2S. The van der Waals surface area contributed by atoms with E-state index in [1.54, 1.807) is 0 Å². The second kappa shape index (κ2) is 8.35. The molecule has 3 heterocycles. The highest BCUT2D eigenvalue weighted by atomic mass is 32.1. The third-order valence-electron chi connectivity index (χ3n) is 5.50. The molecule has 0 saturated carbocycles. The van der Waals surface area contributed by atoms with Crippen molar-refractivity contribution >= 4 is 23.0 Å². The second-order valence-corrected chi connectivity index (χ2v) is 8.37. The summed E-state index contributed by atoms with van der Waals surface area (Å²) in [6.45, 7) is 7.19. The number of piperazine rings is 1. The predicted octanol–water partition coefficient (Wildman–Crippen LogP) is 3.80. The van der Waals surface area contributed by atoms with E-state index in [0.29, 0.717) is 19.6 Å². The second-order valence-electron chi connectivity index (χ2n) is 7.42. The Bertz CT molecular complexity index is 1000. The average Bonchev–Trinajstić information content (AvgIpc) is 3.37. The highest BCUT2D eigenvalue weighted by Crippen LogP contribution is 2.22. The van der Waals surface area contributed by atoms with Crippen molar-refractivity contribution in [1.29, 1.82) is 0 Å². The van der Waals surface area contributed by atoms with Crippen molar-refractivity contribution in [2.24, 2.45) is 0 Å². The molecule has 0 unspecified atom stereocenters. The number of amides is 1. The summed E-state index contributed by atoms with van der Waals surface area (Å²) >= 11 is 1.48. The lowest BCUT2D eigenvalue weighted by molar-refractivity contribution is 0.0628. The van der Waals surface area contributed by atoms with Crippen LogP contribution < -0.4 is 0 Å². The minimum atomic E-state index is 0.0948. The SMILES string of the molecule is Cc1cc(C(=O)CN2CCN(C(=O)c3cccs3)CC2)c(C)n1-c1ccccc1. The molecule has 0 bridgehead atoms. The smallest absolute Gasteiger partial charge is 0.264 e. The Morgan fingerprint density at radius 1 is 0.966 bits per heavy atom. The Morgan fingerprint density at radius 3 is 2.34 bits per heavy atom. The Kier molecular flexibility index (Phi) is 5.65. The maximum absolute atomic E-state index is 13.0. The summed E-state index contributed by atoms with van der Waals surface area (Å²) in [6, 6.07) is 15.9. The molecule has 0 aliphatic carbocycles. The highest BCUT2D eigenvalue weighted by molar-refractivity contribution is 7.12. The largest absolute Gasteiger partial charge is 0.335 e. The van der Waals surface area contributed by atoms with Crippen molar-refractivity contribution in [3.8, 4) is 5.69 Å². The van der Waals surface area contributed by atoms with Gasteiger partial charge in [0.2, 0.25) is 0 Å². The first-order valence-electron chi connectivity index (χ1n) is 9.87. The fraction of sp³-hybridized carbons (Fsp3) is 0.304. The lowest BCUT2D eigenvalue weighted by Gasteiger charge is -2.34. The molecule has 1 aliphatic heterocycles. The fourth-order valence-electron chi connectivity index (χ4n) is 3.97. The molecule has 6 heteroatoms. The van der Waals surface area contributed by atoms with E-state index in [4.69, 9.17) is 0 Å². The maximum atomic E-state index is 13.0. The minimum Gasteiger partial charge on any atom is -0.335 e. The molecule has 29 heavy (non-hydrogen) atoms. The van der Waals surface area contributed by atoms with E-state index in [2.05, 4.69) is 21.6 Å². The Labute approximate surface area is 175 Å². The molecule has 5 nitrogen and oxygen atoms in total. The summed E-state index contributed by atoms with van der Waals surface area (Å²) in [7, 11) is 0. The topological polar surface area (TPSA) is 45.6 Å². The summed E-state index contributed by atoms with van der Waals surface area (Å²) in [4.78, 5) is 30.3. The fourth-order valence-corrected chi connectivity index (χ4v) is 4.66. The van der Waals surface area contributed by atoms with Gasteiger partial charge in [0.25, 0.3) is 5.91 Å². The molecule has 2 aromatic heterocycles. The van der Waals surface area contributed by atoms with Gasteiger partial charge in [-0.25, -0.2) is 0 Å². The van der Waals surface area contributed by atoms with Gasteiger partial charge < -0.3 is 9.47 Å².